The van der Waals surface area contributed by atoms with E-state index in [1.165, 1.54) is 10.5 Å². The highest BCUT2D eigenvalue weighted by Gasteiger charge is 2.42. The Balaban J connectivity index is 1.40. The summed E-state index contributed by atoms with van der Waals surface area (Å²) in [6.07, 6.45) is 0.800. The van der Waals surface area contributed by atoms with Gasteiger partial charge in [0, 0.05) is 24.3 Å². The molecule has 3 amide bonds. The third-order valence-corrected chi connectivity index (χ3v) is 6.68. The highest BCUT2D eigenvalue weighted by Crippen LogP contribution is 2.38. The first-order valence-electron chi connectivity index (χ1n) is 12.1. The van der Waals surface area contributed by atoms with E-state index in [2.05, 4.69) is 11.4 Å². The van der Waals surface area contributed by atoms with Gasteiger partial charge in [-0.2, -0.15) is 0 Å². The van der Waals surface area contributed by atoms with Crippen LogP contribution in [0.3, 0.4) is 0 Å². The number of nitrogens with zero attached hydrogens (tertiary/aromatic N) is 2. The van der Waals surface area contributed by atoms with E-state index in [4.69, 9.17) is 4.74 Å². The molecule has 3 aromatic rings. The standard InChI is InChI=1S/C29H29N3O4/c1-19-8-11-23(12-9-19)30-26(33)18-32-24-16-21(10-13-25(24)36-29(2,3)28(32)35)27(34)31-15-14-20-6-4-5-7-22(20)17-31/h4-13,16H,14-15,17-18H2,1-3H3,(H,30,33). The van der Waals surface area contributed by atoms with Crippen LogP contribution >= 0.6 is 0 Å². The Morgan fingerprint density at radius 3 is 2.47 bits per heavy atom. The minimum atomic E-state index is -1.14. The maximum atomic E-state index is 13.4. The largest absolute Gasteiger partial charge is 0.476 e. The summed E-state index contributed by atoms with van der Waals surface area (Å²) in [5, 5.41) is 2.84. The maximum Gasteiger partial charge on any atom is 0.271 e. The van der Waals surface area contributed by atoms with E-state index in [0.29, 0.717) is 35.8 Å². The lowest BCUT2D eigenvalue weighted by molar-refractivity contribution is -0.133. The smallest absolute Gasteiger partial charge is 0.271 e. The number of rotatable bonds is 4. The van der Waals surface area contributed by atoms with Crippen LogP contribution in [-0.2, 0) is 22.6 Å². The van der Waals surface area contributed by atoms with Gasteiger partial charge in [-0.3, -0.25) is 19.3 Å². The van der Waals surface area contributed by atoms with E-state index in [1.54, 1.807) is 32.0 Å². The highest BCUT2D eigenvalue weighted by atomic mass is 16.5. The first-order valence-corrected chi connectivity index (χ1v) is 12.1. The van der Waals surface area contributed by atoms with Crippen LogP contribution in [0.5, 0.6) is 5.75 Å². The Kier molecular flexibility index (Phi) is 6.00. The summed E-state index contributed by atoms with van der Waals surface area (Å²) in [7, 11) is 0. The fourth-order valence-corrected chi connectivity index (χ4v) is 4.69. The summed E-state index contributed by atoms with van der Waals surface area (Å²) in [5.41, 5.74) is 3.87. The molecule has 0 saturated carbocycles. The zero-order valence-electron chi connectivity index (χ0n) is 20.7. The predicted molar refractivity (Wildman–Crippen MR) is 138 cm³/mol. The van der Waals surface area contributed by atoms with Crippen molar-refractivity contribution < 1.29 is 19.1 Å². The van der Waals surface area contributed by atoms with Crippen LogP contribution in [0.2, 0.25) is 0 Å². The fourth-order valence-electron chi connectivity index (χ4n) is 4.69. The molecule has 0 spiro atoms. The second-order valence-electron chi connectivity index (χ2n) is 9.85. The van der Waals surface area contributed by atoms with Gasteiger partial charge in [0.15, 0.2) is 5.60 Å². The number of hydrogen-bond donors (Lipinski definition) is 1. The van der Waals surface area contributed by atoms with Crippen LogP contribution in [0, 0.1) is 6.92 Å². The Morgan fingerprint density at radius 2 is 1.72 bits per heavy atom. The number of ether oxygens (including phenoxy) is 1. The number of nitrogens with one attached hydrogen (secondary N) is 1. The quantitative estimate of drug-likeness (QED) is 0.599. The Hall–Kier alpha value is -4.13. The Labute approximate surface area is 210 Å². The molecule has 0 aromatic heterocycles. The highest BCUT2D eigenvalue weighted by molar-refractivity contribution is 6.08. The van der Waals surface area contributed by atoms with Crippen molar-refractivity contribution in [3.63, 3.8) is 0 Å². The molecule has 0 unspecified atom stereocenters. The predicted octanol–water partition coefficient (Wildman–Crippen LogP) is 4.34. The van der Waals surface area contributed by atoms with E-state index in [0.717, 1.165) is 17.5 Å². The van der Waals surface area contributed by atoms with Gasteiger partial charge in [-0.05, 0) is 68.7 Å². The lowest BCUT2D eigenvalue weighted by Crippen LogP contribution is -2.54. The van der Waals surface area contributed by atoms with Crippen molar-refractivity contribution >= 4 is 29.1 Å². The molecule has 36 heavy (non-hydrogen) atoms. The Morgan fingerprint density at radius 1 is 1.00 bits per heavy atom. The van der Waals surface area contributed by atoms with Crippen molar-refractivity contribution in [3.8, 4) is 5.75 Å². The fraction of sp³-hybridized carbons (Fsp3) is 0.276. The molecule has 0 saturated heterocycles. The minimum absolute atomic E-state index is 0.117. The van der Waals surface area contributed by atoms with Gasteiger partial charge in [0.05, 0.1) is 5.69 Å². The van der Waals surface area contributed by atoms with E-state index < -0.39 is 5.60 Å². The summed E-state index contributed by atoms with van der Waals surface area (Å²) < 4.78 is 5.95. The second-order valence-corrected chi connectivity index (χ2v) is 9.85. The van der Waals surface area contributed by atoms with E-state index in [9.17, 15) is 14.4 Å². The summed E-state index contributed by atoms with van der Waals surface area (Å²) in [6.45, 7) is 6.29. The first-order chi connectivity index (χ1) is 17.2. The minimum Gasteiger partial charge on any atom is -0.476 e. The molecule has 0 radical (unpaired) electrons. The maximum absolute atomic E-state index is 13.4. The summed E-state index contributed by atoms with van der Waals surface area (Å²) in [6, 6.07) is 20.7. The van der Waals surface area contributed by atoms with Crippen LogP contribution < -0.4 is 15.0 Å². The van der Waals surface area contributed by atoms with Crippen molar-refractivity contribution in [2.75, 3.05) is 23.3 Å². The monoisotopic (exact) mass is 483 g/mol. The summed E-state index contributed by atoms with van der Waals surface area (Å²) in [4.78, 5) is 42.8. The third kappa shape index (κ3) is 4.56. The second kappa shape index (κ2) is 9.15. The number of carbonyl (C=O) groups excluding carboxylic acids is 3. The van der Waals surface area contributed by atoms with Gasteiger partial charge in [-0.1, -0.05) is 42.0 Å². The normalized spacial score (nSPS) is 16.0. The molecule has 0 bridgehead atoms. The molecule has 2 heterocycles. The lowest BCUT2D eigenvalue weighted by Gasteiger charge is -2.38. The van der Waals surface area contributed by atoms with Crippen molar-refractivity contribution in [1.29, 1.82) is 0 Å². The lowest BCUT2D eigenvalue weighted by atomic mass is 9.98. The number of carbonyl (C=O) groups is 3. The molecule has 3 aromatic carbocycles. The van der Waals surface area contributed by atoms with Crippen molar-refractivity contribution in [1.82, 2.24) is 4.90 Å². The molecular weight excluding hydrogens is 454 g/mol. The first kappa shape index (κ1) is 23.6. The van der Waals surface area contributed by atoms with Gasteiger partial charge in [0.25, 0.3) is 11.8 Å². The number of amides is 3. The summed E-state index contributed by atoms with van der Waals surface area (Å²) in [5.74, 6) is -0.331. The van der Waals surface area contributed by atoms with Crippen LogP contribution in [0.1, 0.15) is 40.9 Å². The molecule has 2 aliphatic heterocycles. The molecule has 2 aliphatic rings. The SMILES string of the molecule is Cc1ccc(NC(=O)CN2C(=O)C(C)(C)Oc3ccc(C(=O)N4CCc5ccccc5C4)cc32)cc1. The molecule has 184 valence electrons. The number of fused-ring (bicyclic) bond motifs is 2. The van der Waals surface area contributed by atoms with Gasteiger partial charge < -0.3 is 15.0 Å². The third-order valence-electron chi connectivity index (χ3n) is 6.68. The average Bonchev–Trinajstić information content (AvgIpc) is 2.87. The molecule has 7 heteroatoms. The average molecular weight is 484 g/mol. The van der Waals surface area contributed by atoms with Gasteiger partial charge in [0.2, 0.25) is 5.91 Å². The molecule has 0 fully saturated rings. The van der Waals surface area contributed by atoms with Crippen LogP contribution in [-0.4, -0.2) is 41.3 Å². The van der Waals surface area contributed by atoms with Crippen LogP contribution in [0.4, 0.5) is 11.4 Å². The molecule has 1 N–H and O–H groups in total. The van der Waals surface area contributed by atoms with Gasteiger partial charge in [0.1, 0.15) is 12.3 Å². The number of anilines is 2. The summed E-state index contributed by atoms with van der Waals surface area (Å²) >= 11 is 0. The van der Waals surface area contributed by atoms with Crippen molar-refractivity contribution in [2.45, 2.75) is 39.3 Å². The van der Waals surface area contributed by atoms with Crippen LogP contribution in [0.25, 0.3) is 0 Å². The van der Waals surface area contributed by atoms with E-state index in [1.807, 2.05) is 54.3 Å². The van der Waals surface area contributed by atoms with Crippen molar-refractivity contribution in [2.24, 2.45) is 0 Å². The van der Waals surface area contributed by atoms with Crippen LogP contribution in [0.15, 0.2) is 66.7 Å². The topological polar surface area (TPSA) is 79.0 Å². The molecule has 0 aliphatic carbocycles. The zero-order valence-corrected chi connectivity index (χ0v) is 20.7. The molecule has 0 atom stereocenters. The molecule has 7 nitrogen and oxygen atoms in total. The van der Waals surface area contributed by atoms with E-state index >= 15 is 0 Å². The Bertz CT molecular complexity index is 1350. The van der Waals surface area contributed by atoms with Crippen molar-refractivity contribution in [3.05, 3.63) is 89.0 Å². The van der Waals surface area contributed by atoms with Gasteiger partial charge in [-0.15, -0.1) is 0 Å². The van der Waals surface area contributed by atoms with Gasteiger partial charge >= 0.3 is 0 Å². The van der Waals surface area contributed by atoms with Gasteiger partial charge in [-0.25, -0.2) is 0 Å². The van der Waals surface area contributed by atoms with E-state index in [-0.39, 0.29) is 24.3 Å². The zero-order chi connectivity index (χ0) is 25.4. The number of hydrogen-bond acceptors (Lipinski definition) is 4. The number of aryl methyl sites for hydroxylation is 1. The number of benzene rings is 3. The molecule has 5 rings (SSSR count). The molecular formula is C29H29N3O4.